The van der Waals surface area contributed by atoms with Crippen LogP contribution in [-0.2, 0) is 4.79 Å². The summed E-state index contributed by atoms with van der Waals surface area (Å²) in [4.78, 5) is 11.3. The Bertz CT molecular complexity index is 278. The van der Waals surface area contributed by atoms with Crippen molar-refractivity contribution in [3.63, 3.8) is 0 Å². The second-order valence-corrected chi connectivity index (χ2v) is 5.03. The van der Waals surface area contributed by atoms with Crippen LogP contribution in [0.25, 0.3) is 0 Å². The zero-order valence-electron chi connectivity index (χ0n) is 9.68. The normalized spacial score (nSPS) is 35.9. The van der Waals surface area contributed by atoms with E-state index >= 15 is 0 Å². The Morgan fingerprint density at radius 2 is 1.80 bits per heavy atom. The SMILES string of the molecule is C=CC1(C)CCC(C(=C)C)(C(=O)O)CC1. The molecule has 1 saturated carbocycles. The van der Waals surface area contributed by atoms with Gasteiger partial charge in [-0.2, -0.15) is 0 Å². The van der Waals surface area contributed by atoms with Crippen LogP contribution in [0.5, 0.6) is 0 Å². The van der Waals surface area contributed by atoms with Gasteiger partial charge in [0.15, 0.2) is 0 Å². The highest BCUT2D eigenvalue weighted by Crippen LogP contribution is 2.49. The lowest BCUT2D eigenvalue weighted by Crippen LogP contribution is -2.38. The highest BCUT2D eigenvalue weighted by Gasteiger charge is 2.45. The molecule has 1 N–H and O–H groups in total. The molecule has 2 nitrogen and oxygen atoms in total. The summed E-state index contributed by atoms with van der Waals surface area (Å²) in [6, 6.07) is 0. The van der Waals surface area contributed by atoms with Crippen molar-refractivity contribution in [2.75, 3.05) is 0 Å². The Morgan fingerprint density at radius 3 is 2.07 bits per heavy atom. The first-order chi connectivity index (χ1) is 6.86. The van der Waals surface area contributed by atoms with E-state index in [-0.39, 0.29) is 5.41 Å². The van der Waals surface area contributed by atoms with Crippen LogP contribution in [-0.4, -0.2) is 11.1 Å². The lowest BCUT2D eigenvalue weighted by molar-refractivity contribution is -0.149. The van der Waals surface area contributed by atoms with Gasteiger partial charge < -0.3 is 5.11 Å². The molecule has 0 bridgehead atoms. The summed E-state index contributed by atoms with van der Waals surface area (Å²) in [5.41, 5.74) is 0.192. The van der Waals surface area contributed by atoms with E-state index < -0.39 is 11.4 Å². The molecule has 0 heterocycles. The third-order valence-corrected chi connectivity index (χ3v) is 3.96. The van der Waals surface area contributed by atoms with Crippen LogP contribution >= 0.6 is 0 Å². The number of allylic oxidation sites excluding steroid dienone is 1. The third-order valence-electron chi connectivity index (χ3n) is 3.96. The van der Waals surface area contributed by atoms with Crippen molar-refractivity contribution >= 4 is 5.97 Å². The Kier molecular flexibility index (Phi) is 3.08. The number of rotatable bonds is 3. The Hall–Kier alpha value is -1.05. The van der Waals surface area contributed by atoms with Crippen LogP contribution in [0.2, 0.25) is 0 Å². The van der Waals surface area contributed by atoms with Gasteiger partial charge in [0, 0.05) is 0 Å². The summed E-state index contributed by atoms with van der Waals surface area (Å²) in [7, 11) is 0. The minimum Gasteiger partial charge on any atom is -0.481 e. The van der Waals surface area contributed by atoms with Crippen LogP contribution in [0.4, 0.5) is 0 Å². The molecule has 0 unspecified atom stereocenters. The van der Waals surface area contributed by atoms with E-state index in [1.165, 1.54) is 0 Å². The van der Waals surface area contributed by atoms with Crippen molar-refractivity contribution < 1.29 is 9.90 Å². The summed E-state index contributed by atoms with van der Waals surface area (Å²) in [6.07, 6.45) is 5.09. The van der Waals surface area contributed by atoms with Gasteiger partial charge in [0.2, 0.25) is 0 Å². The lowest BCUT2D eigenvalue weighted by atomic mass is 9.62. The zero-order valence-corrected chi connectivity index (χ0v) is 9.68. The Morgan fingerprint density at radius 1 is 1.33 bits per heavy atom. The molecular formula is C13H20O2. The Balaban J connectivity index is 2.88. The molecule has 15 heavy (non-hydrogen) atoms. The van der Waals surface area contributed by atoms with Gasteiger partial charge in [0.25, 0.3) is 0 Å². The van der Waals surface area contributed by atoms with E-state index in [1.54, 1.807) is 0 Å². The molecule has 0 aromatic carbocycles. The molecule has 1 aliphatic carbocycles. The maximum absolute atomic E-state index is 11.3. The van der Waals surface area contributed by atoms with E-state index in [0.717, 1.165) is 18.4 Å². The number of carboxylic acids is 1. The highest BCUT2D eigenvalue weighted by atomic mass is 16.4. The van der Waals surface area contributed by atoms with Crippen LogP contribution in [0.1, 0.15) is 39.5 Å². The fraction of sp³-hybridized carbons (Fsp3) is 0.615. The van der Waals surface area contributed by atoms with Crippen LogP contribution < -0.4 is 0 Å². The van der Waals surface area contributed by atoms with E-state index in [1.807, 2.05) is 13.0 Å². The molecule has 0 aromatic rings. The summed E-state index contributed by atoms with van der Waals surface area (Å²) in [5, 5.41) is 9.32. The van der Waals surface area contributed by atoms with Gasteiger partial charge >= 0.3 is 5.97 Å². The number of hydrogen-bond acceptors (Lipinski definition) is 1. The average molecular weight is 208 g/mol. The fourth-order valence-electron chi connectivity index (χ4n) is 2.28. The molecule has 0 spiro atoms. The minimum atomic E-state index is -0.721. The largest absolute Gasteiger partial charge is 0.481 e. The first-order valence-electron chi connectivity index (χ1n) is 5.39. The summed E-state index contributed by atoms with van der Waals surface area (Å²) < 4.78 is 0. The monoisotopic (exact) mass is 208 g/mol. The van der Waals surface area contributed by atoms with Crippen molar-refractivity contribution in [2.45, 2.75) is 39.5 Å². The first-order valence-corrected chi connectivity index (χ1v) is 5.39. The number of hydrogen-bond donors (Lipinski definition) is 1. The van der Waals surface area contributed by atoms with Crippen LogP contribution in [0.3, 0.4) is 0 Å². The predicted molar refractivity (Wildman–Crippen MR) is 61.7 cm³/mol. The van der Waals surface area contributed by atoms with Crippen LogP contribution in [0.15, 0.2) is 24.8 Å². The lowest BCUT2D eigenvalue weighted by Gasteiger charge is -2.41. The molecule has 0 aromatic heterocycles. The van der Waals surface area contributed by atoms with Gasteiger partial charge in [-0.3, -0.25) is 4.79 Å². The summed E-state index contributed by atoms with van der Waals surface area (Å²) in [5.74, 6) is -0.721. The molecule has 1 rings (SSSR count). The van der Waals surface area contributed by atoms with Gasteiger partial charge in [0.05, 0.1) is 5.41 Å². The van der Waals surface area contributed by atoms with Gasteiger partial charge in [-0.25, -0.2) is 0 Å². The summed E-state index contributed by atoms with van der Waals surface area (Å²) in [6.45, 7) is 11.6. The van der Waals surface area contributed by atoms with Crippen molar-refractivity contribution in [1.82, 2.24) is 0 Å². The maximum atomic E-state index is 11.3. The molecule has 1 aliphatic rings. The van der Waals surface area contributed by atoms with Crippen molar-refractivity contribution in [1.29, 1.82) is 0 Å². The predicted octanol–water partition coefficient (Wildman–Crippen LogP) is 3.40. The number of aliphatic carboxylic acids is 1. The molecule has 0 saturated heterocycles. The van der Waals surface area contributed by atoms with Gasteiger partial charge in [-0.05, 0) is 38.0 Å². The smallest absolute Gasteiger partial charge is 0.313 e. The fourth-order valence-corrected chi connectivity index (χ4v) is 2.28. The van der Waals surface area contributed by atoms with Gasteiger partial charge in [-0.15, -0.1) is 6.58 Å². The third kappa shape index (κ3) is 1.99. The first kappa shape index (κ1) is 12.0. The standard InChI is InChI=1S/C13H20O2/c1-5-12(4)6-8-13(9-7-12,10(2)3)11(14)15/h5H,1-2,6-9H2,3-4H3,(H,14,15). The van der Waals surface area contributed by atoms with Crippen LogP contribution in [0, 0.1) is 10.8 Å². The molecule has 0 atom stereocenters. The molecule has 84 valence electrons. The van der Waals surface area contributed by atoms with E-state index in [2.05, 4.69) is 20.1 Å². The summed E-state index contributed by atoms with van der Waals surface area (Å²) >= 11 is 0. The van der Waals surface area contributed by atoms with Crippen molar-refractivity contribution in [2.24, 2.45) is 10.8 Å². The molecule has 0 aliphatic heterocycles. The van der Waals surface area contributed by atoms with Gasteiger partial charge in [0.1, 0.15) is 0 Å². The van der Waals surface area contributed by atoms with Gasteiger partial charge in [-0.1, -0.05) is 25.2 Å². The maximum Gasteiger partial charge on any atom is 0.313 e. The quantitative estimate of drug-likeness (QED) is 0.722. The average Bonchev–Trinajstić information content (AvgIpc) is 2.18. The minimum absolute atomic E-state index is 0.106. The van der Waals surface area contributed by atoms with Crippen molar-refractivity contribution in [3.05, 3.63) is 24.8 Å². The molecule has 1 fully saturated rings. The molecule has 0 radical (unpaired) electrons. The highest BCUT2D eigenvalue weighted by molar-refractivity contribution is 5.78. The van der Waals surface area contributed by atoms with Crippen molar-refractivity contribution in [3.8, 4) is 0 Å². The topological polar surface area (TPSA) is 37.3 Å². The molecule has 0 amide bonds. The van der Waals surface area contributed by atoms with E-state index in [4.69, 9.17) is 0 Å². The number of carboxylic acid groups (broad SMARTS) is 1. The zero-order chi connectivity index (χ0) is 11.7. The molecule has 2 heteroatoms. The Labute approximate surface area is 91.7 Å². The van der Waals surface area contributed by atoms with E-state index in [0.29, 0.717) is 12.8 Å². The number of carbonyl (C=O) groups is 1. The second kappa shape index (κ2) is 3.84. The van der Waals surface area contributed by atoms with E-state index in [9.17, 15) is 9.90 Å². The molecular weight excluding hydrogens is 188 g/mol. The second-order valence-electron chi connectivity index (χ2n) is 5.03.